The summed E-state index contributed by atoms with van der Waals surface area (Å²) < 4.78 is 10.7. The Kier molecular flexibility index (Phi) is 4.99. The van der Waals surface area contributed by atoms with Crippen molar-refractivity contribution in [1.29, 1.82) is 0 Å². The average molecular weight is 397 g/mol. The first-order valence-electron chi connectivity index (χ1n) is 8.62. The fourth-order valence-corrected chi connectivity index (χ4v) is 2.88. The van der Waals surface area contributed by atoms with E-state index in [0.29, 0.717) is 23.1 Å². The molecule has 28 heavy (non-hydrogen) atoms. The highest BCUT2D eigenvalue weighted by Crippen LogP contribution is 2.32. The molecule has 0 unspecified atom stereocenters. The summed E-state index contributed by atoms with van der Waals surface area (Å²) in [6.45, 7) is 2.68. The highest BCUT2D eigenvalue weighted by Gasteiger charge is 2.13. The van der Waals surface area contributed by atoms with Crippen LogP contribution in [-0.4, -0.2) is 22.9 Å². The molecule has 0 aliphatic carbocycles. The molecule has 0 atom stereocenters. The summed E-state index contributed by atoms with van der Waals surface area (Å²) in [6.07, 6.45) is 0. The van der Waals surface area contributed by atoms with Crippen molar-refractivity contribution < 1.29 is 14.3 Å². The van der Waals surface area contributed by atoms with Gasteiger partial charge in [0, 0.05) is 17.3 Å². The number of carbonyl (C=O) groups is 1. The largest absolute Gasteiger partial charge is 0.454 e. The van der Waals surface area contributed by atoms with Crippen LogP contribution in [0.5, 0.6) is 11.5 Å². The maximum Gasteiger partial charge on any atom is 0.276 e. The van der Waals surface area contributed by atoms with Crippen molar-refractivity contribution in [1.82, 2.24) is 10.2 Å². The van der Waals surface area contributed by atoms with E-state index in [1.165, 1.54) is 0 Å². The summed E-state index contributed by atoms with van der Waals surface area (Å²) in [5.74, 6) is 1.69. The molecule has 3 aromatic rings. The monoisotopic (exact) mass is 396 g/mol. The summed E-state index contributed by atoms with van der Waals surface area (Å²) in [7, 11) is 0. The molecular weight excluding hydrogens is 380 g/mol. The SMILES string of the molecule is Cc1ccc(Cl)cc1NC(=O)c1ccc(NCc2ccc3c(c2)OCO3)nn1. The van der Waals surface area contributed by atoms with E-state index in [4.69, 9.17) is 21.1 Å². The van der Waals surface area contributed by atoms with Gasteiger partial charge in [-0.05, 0) is 54.4 Å². The summed E-state index contributed by atoms with van der Waals surface area (Å²) in [5.41, 5.74) is 2.79. The molecule has 1 aliphatic rings. The number of aromatic nitrogens is 2. The molecule has 0 fully saturated rings. The molecule has 1 aliphatic heterocycles. The van der Waals surface area contributed by atoms with Gasteiger partial charge in [-0.2, -0.15) is 0 Å². The first kappa shape index (κ1) is 18.1. The van der Waals surface area contributed by atoms with E-state index < -0.39 is 0 Å². The summed E-state index contributed by atoms with van der Waals surface area (Å²) in [4.78, 5) is 12.4. The number of benzene rings is 2. The van der Waals surface area contributed by atoms with E-state index >= 15 is 0 Å². The topological polar surface area (TPSA) is 85.4 Å². The van der Waals surface area contributed by atoms with Crippen molar-refractivity contribution in [3.05, 3.63) is 70.4 Å². The van der Waals surface area contributed by atoms with Gasteiger partial charge in [-0.1, -0.05) is 23.7 Å². The van der Waals surface area contributed by atoms with Crippen molar-refractivity contribution in [2.45, 2.75) is 13.5 Å². The molecule has 2 aromatic carbocycles. The number of nitrogens with zero attached hydrogens (tertiary/aromatic N) is 2. The second-order valence-electron chi connectivity index (χ2n) is 6.26. The third-order valence-electron chi connectivity index (χ3n) is 4.26. The number of anilines is 2. The molecule has 1 amide bonds. The van der Waals surface area contributed by atoms with Crippen LogP contribution in [0.4, 0.5) is 11.5 Å². The number of nitrogens with one attached hydrogen (secondary N) is 2. The van der Waals surface area contributed by atoms with Crippen LogP contribution in [-0.2, 0) is 6.54 Å². The molecular formula is C20H17ClN4O3. The highest BCUT2D eigenvalue weighted by atomic mass is 35.5. The average Bonchev–Trinajstić information content (AvgIpc) is 3.17. The molecule has 0 radical (unpaired) electrons. The van der Waals surface area contributed by atoms with E-state index in [-0.39, 0.29) is 18.4 Å². The number of rotatable bonds is 5. The van der Waals surface area contributed by atoms with Gasteiger partial charge >= 0.3 is 0 Å². The second-order valence-corrected chi connectivity index (χ2v) is 6.69. The minimum Gasteiger partial charge on any atom is -0.454 e. The molecule has 0 saturated heterocycles. The van der Waals surface area contributed by atoms with Gasteiger partial charge in [0.1, 0.15) is 5.82 Å². The van der Waals surface area contributed by atoms with Crippen molar-refractivity contribution >= 4 is 29.0 Å². The van der Waals surface area contributed by atoms with Crippen molar-refractivity contribution in [2.75, 3.05) is 17.4 Å². The molecule has 2 heterocycles. The Morgan fingerprint density at radius 1 is 1.07 bits per heavy atom. The standard InChI is InChI=1S/C20H17ClN4O3/c1-12-2-4-14(21)9-16(12)23-20(26)15-5-7-19(25-24-15)22-10-13-3-6-17-18(8-13)28-11-27-17/h2-9H,10-11H2,1H3,(H,22,25)(H,23,26). The van der Waals surface area contributed by atoms with Gasteiger partial charge in [0.15, 0.2) is 17.2 Å². The van der Waals surface area contributed by atoms with Gasteiger partial charge in [0.25, 0.3) is 5.91 Å². The van der Waals surface area contributed by atoms with Crippen LogP contribution in [0.25, 0.3) is 0 Å². The Bertz CT molecular complexity index is 1020. The lowest BCUT2D eigenvalue weighted by Gasteiger charge is -2.09. The molecule has 1 aromatic heterocycles. The van der Waals surface area contributed by atoms with E-state index in [0.717, 1.165) is 22.6 Å². The van der Waals surface area contributed by atoms with Crippen LogP contribution in [0.1, 0.15) is 21.6 Å². The number of hydrogen-bond donors (Lipinski definition) is 2. The van der Waals surface area contributed by atoms with Gasteiger partial charge < -0.3 is 20.1 Å². The number of ether oxygens (including phenoxy) is 2. The Morgan fingerprint density at radius 3 is 2.75 bits per heavy atom. The van der Waals surface area contributed by atoms with Gasteiger partial charge in [-0.3, -0.25) is 4.79 Å². The van der Waals surface area contributed by atoms with Crippen molar-refractivity contribution in [3.63, 3.8) is 0 Å². The lowest BCUT2D eigenvalue weighted by atomic mass is 10.2. The smallest absolute Gasteiger partial charge is 0.276 e. The molecule has 142 valence electrons. The number of aryl methyl sites for hydroxylation is 1. The second kappa shape index (κ2) is 7.74. The van der Waals surface area contributed by atoms with Gasteiger partial charge in [0.05, 0.1) is 0 Å². The number of fused-ring (bicyclic) bond motifs is 1. The van der Waals surface area contributed by atoms with E-state index in [1.807, 2.05) is 31.2 Å². The Labute approximate surface area is 166 Å². The normalized spacial score (nSPS) is 11.9. The zero-order chi connectivity index (χ0) is 19.5. The van der Waals surface area contributed by atoms with Gasteiger partial charge in [-0.25, -0.2) is 0 Å². The number of carbonyl (C=O) groups excluding carboxylic acids is 1. The highest BCUT2D eigenvalue weighted by molar-refractivity contribution is 6.31. The van der Waals surface area contributed by atoms with E-state index in [9.17, 15) is 4.79 Å². The Hall–Kier alpha value is -3.32. The van der Waals surface area contributed by atoms with Crippen LogP contribution in [0, 0.1) is 6.92 Å². The van der Waals surface area contributed by atoms with Crippen LogP contribution in [0.2, 0.25) is 5.02 Å². The first-order chi connectivity index (χ1) is 13.6. The lowest BCUT2D eigenvalue weighted by Crippen LogP contribution is -2.15. The van der Waals surface area contributed by atoms with Gasteiger partial charge in [-0.15, -0.1) is 10.2 Å². The van der Waals surface area contributed by atoms with Crippen LogP contribution in [0.3, 0.4) is 0 Å². The molecule has 0 saturated carbocycles. The van der Waals surface area contributed by atoms with Crippen molar-refractivity contribution in [2.24, 2.45) is 0 Å². The zero-order valence-electron chi connectivity index (χ0n) is 15.0. The minimum absolute atomic E-state index is 0.216. The summed E-state index contributed by atoms with van der Waals surface area (Å²) in [6, 6.07) is 14.4. The van der Waals surface area contributed by atoms with Gasteiger partial charge in [0.2, 0.25) is 6.79 Å². The maximum atomic E-state index is 12.4. The molecule has 0 bridgehead atoms. The maximum absolute atomic E-state index is 12.4. The van der Waals surface area contributed by atoms with Crippen LogP contribution in [0.15, 0.2) is 48.5 Å². The molecule has 2 N–H and O–H groups in total. The fourth-order valence-electron chi connectivity index (χ4n) is 2.71. The Morgan fingerprint density at radius 2 is 1.93 bits per heavy atom. The molecule has 7 nitrogen and oxygen atoms in total. The predicted molar refractivity (Wildman–Crippen MR) is 106 cm³/mol. The number of amides is 1. The first-order valence-corrected chi connectivity index (χ1v) is 9.00. The Balaban J connectivity index is 1.38. The van der Waals surface area contributed by atoms with E-state index in [1.54, 1.807) is 24.3 Å². The third kappa shape index (κ3) is 3.99. The summed E-state index contributed by atoms with van der Waals surface area (Å²) >= 11 is 5.98. The summed E-state index contributed by atoms with van der Waals surface area (Å²) in [5, 5.41) is 14.6. The minimum atomic E-state index is -0.347. The molecule has 0 spiro atoms. The van der Waals surface area contributed by atoms with Crippen LogP contribution >= 0.6 is 11.6 Å². The number of hydrogen-bond acceptors (Lipinski definition) is 6. The predicted octanol–water partition coefficient (Wildman–Crippen LogP) is 4.03. The zero-order valence-corrected chi connectivity index (χ0v) is 15.8. The lowest BCUT2D eigenvalue weighted by molar-refractivity contribution is 0.102. The van der Waals surface area contributed by atoms with Crippen molar-refractivity contribution in [3.8, 4) is 11.5 Å². The van der Waals surface area contributed by atoms with Crippen LogP contribution < -0.4 is 20.1 Å². The molecule has 4 rings (SSSR count). The van der Waals surface area contributed by atoms with E-state index in [2.05, 4.69) is 20.8 Å². The fraction of sp³-hybridized carbons (Fsp3) is 0.150. The number of halogens is 1. The molecule has 8 heteroatoms. The third-order valence-corrected chi connectivity index (χ3v) is 4.49. The quantitative estimate of drug-likeness (QED) is 0.677.